The van der Waals surface area contributed by atoms with Gasteiger partial charge in [-0.25, -0.2) is 0 Å². The zero-order valence-corrected chi connectivity index (χ0v) is 20.1. The average molecular weight is 493 g/mol. The van der Waals surface area contributed by atoms with E-state index in [9.17, 15) is 4.79 Å². The summed E-state index contributed by atoms with van der Waals surface area (Å²) in [5.41, 5.74) is 2.21. The van der Waals surface area contributed by atoms with Gasteiger partial charge in [0.1, 0.15) is 11.6 Å². The van der Waals surface area contributed by atoms with Crippen molar-refractivity contribution in [3.05, 3.63) is 59.2 Å². The van der Waals surface area contributed by atoms with Crippen LogP contribution in [-0.4, -0.2) is 37.9 Å². The van der Waals surface area contributed by atoms with Crippen molar-refractivity contribution >= 4 is 23.2 Å². The van der Waals surface area contributed by atoms with Crippen LogP contribution < -0.4 is 10.1 Å². The second-order valence-electron chi connectivity index (χ2n) is 8.39. The Labute approximate surface area is 207 Å². The highest BCUT2D eigenvalue weighted by Crippen LogP contribution is 2.31. The Balaban J connectivity index is 1.23. The molecule has 0 spiro atoms. The van der Waals surface area contributed by atoms with Crippen LogP contribution in [0.1, 0.15) is 37.4 Å². The molecule has 0 radical (unpaired) electrons. The van der Waals surface area contributed by atoms with Crippen molar-refractivity contribution in [3.8, 4) is 28.5 Å². The molecule has 1 aliphatic heterocycles. The van der Waals surface area contributed by atoms with Crippen LogP contribution in [0.3, 0.4) is 0 Å². The van der Waals surface area contributed by atoms with Crippen LogP contribution in [0.15, 0.2) is 47.0 Å². The SMILES string of the molecule is COc1ccc(-c2noc(CCC(=O)Nc3ccc(Cl)c(-c4nnc5n4CCCCC5)c3)n2)cc1. The number of hydrogen-bond acceptors (Lipinski definition) is 7. The van der Waals surface area contributed by atoms with E-state index in [1.165, 1.54) is 6.42 Å². The van der Waals surface area contributed by atoms with Gasteiger partial charge in [0.25, 0.3) is 0 Å². The molecule has 5 rings (SSSR count). The number of rotatable bonds is 7. The van der Waals surface area contributed by atoms with Crippen LogP contribution in [-0.2, 0) is 24.2 Å². The molecule has 1 N–H and O–H groups in total. The van der Waals surface area contributed by atoms with Crippen LogP contribution in [0.4, 0.5) is 5.69 Å². The van der Waals surface area contributed by atoms with Gasteiger partial charge in [0.05, 0.1) is 12.1 Å². The molecule has 2 aromatic heterocycles. The van der Waals surface area contributed by atoms with E-state index in [-0.39, 0.29) is 12.3 Å². The fraction of sp³-hybridized carbons (Fsp3) is 0.320. The number of carbonyl (C=O) groups is 1. The summed E-state index contributed by atoms with van der Waals surface area (Å²) in [5, 5.41) is 16.2. The highest BCUT2D eigenvalue weighted by atomic mass is 35.5. The maximum absolute atomic E-state index is 12.6. The third-order valence-electron chi connectivity index (χ3n) is 5.98. The molecular weight excluding hydrogens is 468 g/mol. The van der Waals surface area contributed by atoms with Crippen molar-refractivity contribution in [2.45, 2.75) is 45.1 Å². The van der Waals surface area contributed by atoms with E-state index in [1.807, 2.05) is 30.3 Å². The van der Waals surface area contributed by atoms with Crippen molar-refractivity contribution in [2.24, 2.45) is 0 Å². The lowest BCUT2D eigenvalue weighted by Gasteiger charge is -2.11. The first-order valence-electron chi connectivity index (χ1n) is 11.6. The first-order chi connectivity index (χ1) is 17.1. The van der Waals surface area contributed by atoms with E-state index < -0.39 is 0 Å². The predicted molar refractivity (Wildman–Crippen MR) is 131 cm³/mol. The number of carbonyl (C=O) groups excluding carboxylic acids is 1. The maximum Gasteiger partial charge on any atom is 0.227 e. The van der Waals surface area contributed by atoms with Crippen molar-refractivity contribution in [2.75, 3.05) is 12.4 Å². The van der Waals surface area contributed by atoms with Gasteiger partial charge >= 0.3 is 0 Å². The number of methoxy groups -OCH3 is 1. The molecule has 2 aromatic carbocycles. The van der Waals surface area contributed by atoms with Gasteiger partial charge in [0.2, 0.25) is 17.6 Å². The third-order valence-corrected chi connectivity index (χ3v) is 6.31. The lowest BCUT2D eigenvalue weighted by atomic mass is 10.1. The number of anilines is 1. The summed E-state index contributed by atoms with van der Waals surface area (Å²) < 4.78 is 12.6. The van der Waals surface area contributed by atoms with Gasteiger partial charge in [-0.05, 0) is 55.3 Å². The topological polar surface area (TPSA) is 108 Å². The molecule has 9 nitrogen and oxygen atoms in total. The summed E-state index contributed by atoms with van der Waals surface area (Å²) in [6.45, 7) is 0.868. The summed E-state index contributed by atoms with van der Waals surface area (Å²) in [4.78, 5) is 17.0. The number of amides is 1. The van der Waals surface area contributed by atoms with Crippen molar-refractivity contribution in [1.82, 2.24) is 24.9 Å². The quantitative estimate of drug-likeness (QED) is 0.388. The molecule has 4 aromatic rings. The van der Waals surface area contributed by atoms with Gasteiger partial charge in [-0.3, -0.25) is 4.79 Å². The molecule has 0 bridgehead atoms. The second-order valence-corrected chi connectivity index (χ2v) is 8.79. The van der Waals surface area contributed by atoms with Gasteiger partial charge in [-0.2, -0.15) is 4.98 Å². The number of fused-ring (bicyclic) bond motifs is 1. The molecule has 0 atom stereocenters. The van der Waals surface area contributed by atoms with Gasteiger partial charge in [-0.1, -0.05) is 23.2 Å². The highest BCUT2D eigenvalue weighted by molar-refractivity contribution is 6.33. The Morgan fingerprint density at radius 2 is 2.00 bits per heavy atom. The Kier molecular flexibility index (Phi) is 6.76. The molecule has 0 unspecified atom stereocenters. The van der Waals surface area contributed by atoms with E-state index in [1.54, 1.807) is 19.2 Å². The summed E-state index contributed by atoms with van der Waals surface area (Å²) in [6.07, 6.45) is 4.81. The lowest BCUT2D eigenvalue weighted by Crippen LogP contribution is -2.12. The first kappa shape index (κ1) is 23.0. The normalized spacial score (nSPS) is 13.2. The molecular formula is C25H25ClN6O3. The summed E-state index contributed by atoms with van der Waals surface area (Å²) in [6, 6.07) is 12.8. The maximum atomic E-state index is 12.6. The van der Waals surface area contributed by atoms with Gasteiger partial charge in [0.15, 0.2) is 5.82 Å². The fourth-order valence-corrected chi connectivity index (χ4v) is 4.32. The Morgan fingerprint density at radius 1 is 1.14 bits per heavy atom. The molecule has 1 amide bonds. The molecule has 0 saturated carbocycles. The molecule has 0 aliphatic carbocycles. The smallest absolute Gasteiger partial charge is 0.227 e. The number of aromatic nitrogens is 5. The summed E-state index contributed by atoms with van der Waals surface area (Å²) >= 11 is 6.49. The van der Waals surface area contributed by atoms with Gasteiger partial charge in [0, 0.05) is 42.6 Å². The molecule has 35 heavy (non-hydrogen) atoms. The minimum Gasteiger partial charge on any atom is -0.497 e. The van der Waals surface area contributed by atoms with Crippen LogP contribution in [0.5, 0.6) is 5.75 Å². The van der Waals surface area contributed by atoms with Crippen molar-refractivity contribution < 1.29 is 14.1 Å². The highest BCUT2D eigenvalue weighted by Gasteiger charge is 2.19. The largest absolute Gasteiger partial charge is 0.497 e. The molecule has 180 valence electrons. The Morgan fingerprint density at radius 3 is 2.83 bits per heavy atom. The molecule has 10 heteroatoms. The number of halogens is 1. The van der Waals surface area contributed by atoms with E-state index in [2.05, 4.69) is 30.2 Å². The van der Waals surface area contributed by atoms with E-state index in [0.717, 1.165) is 54.3 Å². The molecule has 1 aliphatic rings. The summed E-state index contributed by atoms with van der Waals surface area (Å²) in [7, 11) is 1.61. The minimum absolute atomic E-state index is 0.164. The standard InChI is InChI=1S/C25H25ClN6O3/c1-34-18-9-6-16(7-10-18)24-28-23(35-31-24)13-12-22(33)27-17-8-11-20(26)19(15-17)25-30-29-21-5-3-2-4-14-32(21)25/h6-11,15H,2-5,12-14H2,1H3,(H,27,33). The number of aryl methyl sites for hydroxylation is 2. The Bertz CT molecular complexity index is 1330. The zero-order valence-electron chi connectivity index (χ0n) is 19.3. The second kappa shape index (κ2) is 10.3. The lowest BCUT2D eigenvalue weighted by molar-refractivity contribution is -0.116. The molecule has 3 heterocycles. The predicted octanol–water partition coefficient (Wildman–Crippen LogP) is 4.95. The van der Waals surface area contributed by atoms with Crippen LogP contribution in [0.2, 0.25) is 5.02 Å². The zero-order chi connectivity index (χ0) is 24.2. The molecule has 0 fully saturated rings. The van der Waals surface area contributed by atoms with E-state index in [0.29, 0.717) is 28.8 Å². The van der Waals surface area contributed by atoms with Crippen LogP contribution in [0.25, 0.3) is 22.8 Å². The van der Waals surface area contributed by atoms with Crippen molar-refractivity contribution in [3.63, 3.8) is 0 Å². The third kappa shape index (κ3) is 5.19. The first-order valence-corrected chi connectivity index (χ1v) is 12.0. The number of benzene rings is 2. The number of nitrogens with zero attached hydrogens (tertiary/aromatic N) is 5. The van der Waals surface area contributed by atoms with E-state index >= 15 is 0 Å². The van der Waals surface area contributed by atoms with Gasteiger partial charge in [-0.15, -0.1) is 10.2 Å². The summed E-state index contributed by atoms with van der Waals surface area (Å²) in [5.74, 6) is 3.17. The monoisotopic (exact) mass is 492 g/mol. The minimum atomic E-state index is -0.164. The average Bonchev–Trinajstić information content (AvgIpc) is 3.45. The number of nitrogens with one attached hydrogen (secondary N) is 1. The van der Waals surface area contributed by atoms with Crippen LogP contribution >= 0.6 is 11.6 Å². The van der Waals surface area contributed by atoms with Crippen molar-refractivity contribution in [1.29, 1.82) is 0 Å². The van der Waals surface area contributed by atoms with E-state index in [4.69, 9.17) is 20.9 Å². The number of ether oxygens (including phenoxy) is 1. The van der Waals surface area contributed by atoms with Gasteiger partial charge < -0.3 is 19.1 Å². The molecule has 0 saturated heterocycles. The Hall–Kier alpha value is -3.72. The fourth-order valence-electron chi connectivity index (χ4n) is 4.12. The van der Waals surface area contributed by atoms with Crippen LogP contribution in [0, 0.1) is 0 Å². The number of hydrogen-bond donors (Lipinski definition) is 1.